The second-order valence-electron chi connectivity index (χ2n) is 4.66. The first kappa shape index (κ1) is 12.8. The molecule has 96 valence electrons. The first-order valence-corrected chi connectivity index (χ1v) is 6.60. The lowest BCUT2D eigenvalue weighted by atomic mass is 9.89. The minimum atomic E-state index is 0.354. The van der Waals surface area contributed by atoms with Crippen molar-refractivity contribution in [3.63, 3.8) is 0 Å². The molecule has 0 saturated heterocycles. The Balaban J connectivity index is 2.17. The quantitative estimate of drug-likeness (QED) is 0.740. The molecule has 0 fully saturated rings. The summed E-state index contributed by atoms with van der Waals surface area (Å²) >= 11 is 0. The Labute approximate surface area is 109 Å². The van der Waals surface area contributed by atoms with Gasteiger partial charge in [-0.1, -0.05) is 32.8 Å². The van der Waals surface area contributed by atoms with Crippen LogP contribution < -0.4 is 9.47 Å². The van der Waals surface area contributed by atoms with Gasteiger partial charge >= 0.3 is 0 Å². The Morgan fingerprint density at radius 3 is 2.61 bits per heavy atom. The summed E-state index contributed by atoms with van der Waals surface area (Å²) in [5.41, 5.74) is 1.26. The van der Waals surface area contributed by atoms with E-state index in [1.165, 1.54) is 5.56 Å². The molecule has 18 heavy (non-hydrogen) atoms. The van der Waals surface area contributed by atoms with Crippen molar-refractivity contribution in [1.82, 2.24) is 0 Å². The molecular weight excluding hydrogens is 224 g/mol. The molecule has 0 N–H and O–H groups in total. The number of hydrogen-bond donors (Lipinski definition) is 0. The van der Waals surface area contributed by atoms with Crippen molar-refractivity contribution < 1.29 is 9.47 Å². The number of rotatable bonds is 2. The van der Waals surface area contributed by atoms with Crippen LogP contribution in [0.3, 0.4) is 0 Å². The molecule has 1 aliphatic rings. The van der Waals surface area contributed by atoms with Crippen LogP contribution in [0.5, 0.6) is 11.5 Å². The van der Waals surface area contributed by atoms with Crippen LogP contribution in [-0.4, -0.2) is 13.2 Å². The fourth-order valence-corrected chi connectivity index (χ4v) is 2.02. The Kier molecular flexibility index (Phi) is 4.15. The van der Waals surface area contributed by atoms with Crippen LogP contribution in [0.2, 0.25) is 0 Å². The standard InChI is InChI=1S/C16H20O2/c1-4-5-6-12(2)13(3)14-7-8-15-16(11-14)18-10-9-17-15/h7-8,11-13H,4,9-10H2,1-3H3. The topological polar surface area (TPSA) is 18.5 Å². The summed E-state index contributed by atoms with van der Waals surface area (Å²) in [6.45, 7) is 7.73. The second kappa shape index (κ2) is 5.82. The van der Waals surface area contributed by atoms with E-state index in [1.54, 1.807) is 0 Å². The summed E-state index contributed by atoms with van der Waals surface area (Å²) in [4.78, 5) is 0. The van der Waals surface area contributed by atoms with Gasteiger partial charge in [0.15, 0.2) is 11.5 Å². The Bertz CT molecular complexity index is 468. The lowest BCUT2D eigenvalue weighted by Crippen LogP contribution is -2.16. The van der Waals surface area contributed by atoms with Crippen molar-refractivity contribution >= 4 is 0 Å². The molecule has 2 atom stereocenters. The molecule has 2 unspecified atom stereocenters. The molecule has 1 aromatic rings. The normalized spacial score (nSPS) is 16.4. The van der Waals surface area contributed by atoms with Crippen LogP contribution in [0.15, 0.2) is 18.2 Å². The predicted octanol–water partition coefficient (Wildman–Crippen LogP) is 3.61. The van der Waals surface area contributed by atoms with E-state index in [2.05, 4.69) is 44.7 Å². The van der Waals surface area contributed by atoms with Gasteiger partial charge in [0, 0.05) is 12.3 Å². The highest BCUT2D eigenvalue weighted by molar-refractivity contribution is 5.45. The SMILES string of the molecule is CCC#CC(C)C(C)c1ccc2c(c1)OCCO2. The van der Waals surface area contributed by atoms with Gasteiger partial charge in [0.1, 0.15) is 13.2 Å². The maximum atomic E-state index is 5.61. The third-order valence-electron chi connectivity index (χ3n) is 3.35. The number of benzene rings is 1. The van der Waals surface area contributed by atoms with Gasteiger partial charge < -0.3 is 9.47 Å². The molecule has 0 saturated carbocycles. The smallest absolute Gasteiger partial charge is 0.161 e. The minimum absolute atomic E-state index is 0.354. The van der Waals surface area contributed by atoms with E-state index in [0.717, 1.165) is 17.9 Å². The van der Waals surface area contributed by atoms with Gasteiger partial charge in [0.05, 0.1) is 0 Å². The molecule has 0 amide bonds. The monoisotopic (exact) mass is 244 g/mol. The zero-order chi connectivity index (χ0) is 13.0. The molecule has 0 aromatic heterocycles. The molecule has 2 rings (SSSR count). The lowest BCUT2D eigenvalue weighted by molar-refractivity contribution is 0.171. The van der Waals surface area contributed by atoms with Crippen molar-refractivity contribution in [3.05, 3.63) is 23.8 Å². The van der Waals surface area contributed by atoms with Crippen LogP contribution in [0.1, 0.15) is 38.7 Å². The number of ether oxygens (including phenoxy) is 2. The van der Waals surface area contributed by atoms with E-state index in [1.807, 2.05) is 6.07 Å². The molecule has 0 radical (unpaired) electrons. The van der Waals surface area contributed by atoms with Gasteiger partial charge in [-0.2, -0.15) is 0 Å². The van der Waals surface area contributed by atoms with Gasteiger partial charge in [-0.3, -0.25) is 0 Å². The summed E-state index contributed by atoms with van der Waals surface area (Å²) in [6.07, 6.45) is 0.915. The zero-order valence-corrected chi connectivity index (χ0v) is 11.3. The molecule has 0 spiro atoms. The van der Waals surface area contributed by atoms with Crippen molar-refractivity contribution in [2.75, 3.05) is 13.2 Å². The third kappa shape index (κ3) is 2.79. The van der Waals surface area contributed by atoms with Gasteiger partial charge in [0.25, 0.3) is 0 Å². The maximum Gasteiger partial charge on any atom is 0.161 e. The fourth-order valence-electron chi connectivity index (χ4n) is 2.02. The summed E-state index contributed by atoms with van der Waals surface area (Å²) in [5.74, 6) is 8.91. The van der Waals surface area contributed by atoms with E-state index in [-0.39, 0.29) is 0 Å². The molecule has 1 aliphatic heterocycles. The molecule has 1 aromatic carbocycles. The van der Waals surface area contributed by atoms with Gasteiger partial charge in [-0.05, 0) is 23.6 Å². The summed E-state index contributed by atoms with van der Waals surface area (Å²) in [6, 6.07) is 6.20. The van der Waals surface area contributed by atoms with E-state index in [9.17, 15) is 0 Å². The summed E-state index contributed by atoms with van der Waals surface area (Å²) in [7, 11) is 0. The molecule has 2 heteroatoms. The van der Waals surface area contributed by atoms with E-state index in [0.29, 0.717) is 25.0 Å². The Morgan fingerprint density at radius 2 is 1.89 bits per heavy atom. The highest BCUT2D eigenvalue weighted by Gasteiger charge is 2.17. The highest BCUT2D eigenvalue weighted by atomic mass is 16.6. The lowest BCUT2D eigenvalue weighted by Gasteiger charge is -2.21. The van der Waals surface area contributed by atoms with Crippen LogP contribution in [0.25, 0.3) is 0 Å². The first-order valence-electron chi connectivity index (χ1n) is 6.60. The minimum Gasteiger partial charge on any atom is -0.486 e. The molecule has 0 bridgehead atoms. The average Bonchev–Trinajstić information content (AvgIpc) is 2.43. The van der Waals surface area contributed by atoms with Crippen LogP contribution in [0, 0.1) is 17.8 Å². The van der Waals surface area contributed by atoms with Gasteiger partial charge in [0.2, 0.25) is 0 Å². The average molecular weight is 244 g/mol. The van der Waals surface area contributed by atoms with Crippen molar-refractivity contribution in [2.45, 2.75) is 33.1 Å². The second-order valence-corrected chi connectivity index (χ2v) is 4.66. The van der Waals surface area contributed by atoms with Gasteiger partial charge in [-0.15, -0.1) is 5.92 Å². The number of hydrogen-bond acceptors (Lipinski definition) is 2. The van der Waals surface area contributed by atoms with Crippen LogP contribution >= 0.6 is 0 Å². The zero-order valence-electron chi connectivity index (χ0n) is 11.3. The van der Waals surface area contributed by atoms with E-state index < -0.39 is 0 Å². The fraction of sp³-hybridized carbons (Fsp3) is 0.500. The Hall–Kier alpha value is -1.62. The third-order valence-corrected chi connectivity index (χ3v) is 3.35. The van der Waals surface area contributed by atoms with Crippen molar-refractivity contribution in [3.8, 4) is 23.3 Å². The highest BCUT2D eigenvalue weighted by Crippen LogP contribution is 2.34. The molecule has 0 aliphatic carbocycles. The summed E-state index contributed by atoms with van der Waals surface area (Å²) in [5, 5.41) is 0. The summed E-state index contributed by atoms with van der Waals surface area (Å²) < 4.78 is 11.1. The van der Waals surface area contributed by atoms with E-state index in [4.69, 9.17) is 9.47 Å². The first-order chi connectivity index (χ1) is 8.72. The molecule has 1 heterocycles. The van der Waals surface area contributed by atoms with Crippen molar-refractivity contribution in [1.29, 1.82) is 0 Å². The molecular formula is C16H20O2. The van der Waals surface area contributed by atoms with Crippen molar-refractivity contribution in [2.24, 2.45) is 5.92 Å². The van der Waals surface area contributed by atoms with Crippen LogP contribution in [0.4, 0.5) is 0 Å². The number of fused-ring (bicyclic) bond motifs is 1. The Morgan fingerprint density at radius 1 is 1.17 bits per heavy atom. The predicted molar refractivity (Wildman–Crippen MR) is 73.1 cm³/mol. The molecule has 2 nitrogen and oxygen atoms in total. The van der Waals surface area contributed by atoms with Gasteiger partial charge in [-0.25, -0.2) is 0 Å². The maximum absolute atomic E-state index is 5.61. The van der Waals surface area contributed by atoms with E-state index >= 15 is 0 Å². The van der Waals surface area contributed by atoms with Crippen LogP contribution in [-0.2, 0) is 0 Å². The largest absolute Gasteiger partial charge is 0.486 e.